The molecule has 40 heavy (non-hydrogen) atoms. The maximum absolute atomic E-state index is 13.1. The third-order valence-electron chi connectivity index (χ3n) is 13.0. The van der Waals surface area contributed by atoms with Crippen LogP contribution in [0.1, 0.15) is 77.6 Å². The predicted octanol–water partition coefficient (Wildman–Crippen LogP) is 2.01. The number of aldehydes is 1. The van der Waals surface area contributed by atoms with Gasteiger partial charge >= 0.3 is 5.97 Å². The molecule has 0 amide bonds. The van der Waals surface area contributed by atoms with E-state index in [0.717, 1.165) is 32.0 Å². The van der Waals surface area contributed by atoms with E-state index in [-0.39, 0.29) is 68.0 Å². The molecule has 4 heterocycles. The Balaban J connectivity index is 1.04. The summed E-state index contributed by atoms with van der Waals surface area (Å²) in [7, 11) is 0. The van der Waals surface area contributed by atoms with Gasteiger partial charge in [-0.25, -0.2) is 0 Å². The molecule has 10 nitrogen and oxygen atoms in total. The molecule has 0 unspecified atom stereocenters. The van der Waals surface area contributed by atoms with Crippen molar-refractivity contribution in [2.75, 3.05) is 20.0 Å². The zero-order chi connectivity index (χ0) is 27.5. The first kappa shape index (κ1) is 26.5. The lowest BCUT2D eigenvalue weighted by Crippen LogP contribution is -2.69. The fourth-order valence-electron chi connectivity index (χ4n) is 11.2. The molecule has 0 aromatic rings. The van der Waals surface area contributed by atoms with Gasteiger partial charge in [0.25, 0.3) is 0 Å². The van der Waals surface area contributed by atoms with Crippen LogP contribution in [0.3, 0.4) is 0 Å². The maximum atomic E-state index is 13.1. The van der Waals surface area contributed by atoms with Crippen molar-refractivity contribution in [2.45, 2.75) is 125 Å². The lowest BCUT2D eigenvalue weighted by Gasteiger charge is -2.65. The van der Waals surface area contributed by atoms with E-state index in [0.29, 0.717) is 45.1 Å². The van der Waals surface area contributed by atoms with Crippen LogP contribution in [0.5, 0.6) is 0 Å². The van der Waals surface area contributed by atoms with E-state index in [1.807, 2.05) is 6.92 Å². The number of ether oxygens (including phenoxy) is 6. The molecular formula is C30H42O10. The molecule has 10 heteroatoms. The normalized spacial score (nSPS) is 58.5. The van der Waals surface area contributed by atoms with Crippen molar-refractivity contribution in [1.29, 1.82) is 0 Å². The molecule has 4 saturated heterocycles. The number of carbonyl (C=O) groups excluding carboxylic acids is 2. The van der Waals surface area contributed by atoms with Crippen molar-refractivity contribution in [3.05, 3.63) is 0 Å². The van der Waals surface area contributed by atoms with Crippen molar-refractivity contribution in [3.63, 3.8) is 0 Å². The van der Waals surface area contributed by atoms with E-state index in [2.05, 4.69) is 0 Å². The number of rotatable bonds is 3. The Hall–Kier alpha value is -1.14. The van der Waals surface area contributed by atoms with Gasteiger partial charge in [0.2, 0.25) is 0 Å². The Morgan fingerprint density at radius 1 is 1.00 bits per heavy atom. The first-order valence-corrected chi connectivity index (χ1v) is 15.4. The fraction of sp³-hybridized carbons (Fsp3) is 0.933. The van der Waals surface area contributed by atoms with E-state index in [1.54, 1.807) is 0 Å². The second kappa shape index (κ2) is 8.71. The molecule has 4 saturated carbocycles. The van der Waals surface area contributed by atoms with Crippen LogP contribution < -0.4 is 0 Å². The third kappa shape index (κ3) is 3.24. The monoisotopic (exact) mass is 562 g/mol. The van der Waals surface area contributed by atoms with Crippen LogP contribution in [-0.4, -0.2) is 90.0 Å². The average Bonchev–Trinajstić information content (AvgIpc) is 3.68. The molecule has 0 bridgehead atoms. The molecule has 13 atom stereocenters. The minimum absolute atomic E-state index is 0.0118. The van der Waals surface area contributed by atoms with Gasteiger partial charge in [0.1, 0.15) is 31.4 Å². The van der Waals surface area contributed by atoms with Crippen LogP contribution in [0.4, 0.5) is 0 Å². The van der Waals surface area contributed by atoms with Crippen LogP contribution >= 0.6 is 0 Å². The molecule has 0 aromatic carbocycles. The number of aliphatic hydroxyl groups is 2. The number of carbonyl (C=O) groups is 2. The van der Waals surface area contributed by atoms with E-state index in [9.17, 15) is 19.8 Å². The first-order valence-electron chi connectivity index (χ1n) is 15.4. The minimum Gasteiger partial charge on any atom is -0.462 e. The van der Waals surface area contributed by atoms with Crippen molar-refractivity contribution in [3.8, 4) is 0 Å². The number of hydrogen-bond acceptors (Lipinski definition) is 10. The van der Waals surface area contributed by atoms with Crippen molar-refractivity contribution < 1.29 is 48.2 Å². The molecule has 0 aromatic heterocycles. The number of esters is 1. The maximum Gasteiger partial charge on any atom is 0.308 e. The predicted molar refractivity (Wildman–Crippen MR) is 136 cm³/mol. The Morgan fingerprint density at radius 3 is 2.65 bits per heavy atom. The standard InChI is InChI=1S/C30H42O10/c1-17-10-21-24(37-16-36-21)25(39-17)40-18-2-6-26(13-31)19-3-7-27-14-38-28(12-23(32)35-15-28)22(27)5-9-30(27,34)20(19)4-8-29(26,33)11-18/h13,17-22,24-25,33-34H,2-12,14-16H2,1H3/t17-,18-,19-,20+,21-,22-,24-,25+,26-,27-,28+,29-,30-/m0/s1. The zero-order valence-corrected chi connectivity index (χ0v) is 23.3. The molecule has 2 spiro atoms. The van der Waals surface area contributed by atoms with Crippen LogP contribution in [0.2, 0.25) is 0 Å². The van der Waals surface area contributed by atoms with E-state index >= 15 is 0 Å². The van der Waals surface area contributed by atoms with Crippen LogP contribution in [0, 0.1) is 28.6 Å². The molecule has 2 N–H and O–H groups in total. The highest BCUT2D eigenvalue weighted by atomic mass is 16.8. The van der Waals surface area contributed by atoms with Gasteiger partial charge in [-0.1, -0.05) is 0 Å². The zero-order valence-electron chi connectivity index (χ0n) is 23.3. The summed E-state index contributed by atoms with van der Waals surface area (Å²) in [5, 5.41) is 24.8. The molecule has 4 aliphatic carbocycles. The third-order valence-corrected chi connectivity index (χ3v) is 13.0. The van der Waals surface area contributed by atoms with Crippen LogP contribution in [0.25, 0.3) is 0 Å². The van der Waals surface area contributed by atoms with Crippen LogP contribution in [-0.2, 0) is 38.0 Å². The van der Waals surface area contributed by atoms with Gasteiger partial charge in [0.05, 0.1) is 48.0 Å². The van der Waals surface area contributed by atoms with Gasteiger partial charge in [-0.3, -0.25) is 4.79 Å². The summed E-state index contributed by atoms with van der Waals surface area (Å²) in [5.41, 5.74) is -4.18. The van der Waals surface area contributed by atoms with Gasteiger partial charge in [-0.15, -0.1) is 0 Å². The summed E-state index contributed by atoms with van der Waals surface area (Å²) in [6, 6.07) is 0. The van der Waals surface area contributed by atoms with Gasteiger partial charge in [0.15, 0.2) is 6.29 Å². The summed E-state index contributed by atoms with van der Waals surface area (Å²) in [5.74, 6) is -0.367. The second-order valence-corrected chi connectivity index (χ2v) is 14.3. The Kier molecular flexibility index (Phi) is 5.77. The van der Waals surface area contributed by atoms with E-state index < -0.39 is 33.9 Å². The quantitative estimate of drug-likeness (QED) is 0.299. The average molecular weight is 563 g/mol. The number of cyclic esters (lactones) is 1. The summed E-state index contributed by atoms with van der Waals surface area (Å²) >= 11 is 0. The summed E-state index contributed by atoms with van der Waals surface area (Å²) < 4.78 is 35.8. The fourth-order valence-corrected chi connectivity index (χ4v) is 11.2. The van der Waals surface area contributed by atoms with Crippen molar-refractivity contribution >= 4 is 12.3 Å². The Labute approximate surface area is 234 Å². The first-order chi connectivity index (χ1) is 19.2. The van der Waals surface area contributed by atoms with Gasteiger partial charge in [-0.05, 0) is 70.1 Å². The summed E-state index contributed by atoms with van der Waals surface area (Å²) in [4.78, 5) is 25.2. The lowest BCUT2D eigenvalue weighted by atomic mass is 9.41. The highest BCUT2D eigenvalue weighted by Crippen LogP contribution is 2.73. The highest BCUT2D eigenvalue weighted by molar-refractivity contribution is 5.73. The second-order valence-electron chi connectivity index (χ2n) is 14.3. The van der Waals surface area contributed by atoms with Gasteiger partial charge in [0, 0.05) is 24.2 Å². The molecule has 8 aliphatic rings. The topological polar surface area (TPSA) is 130 Å². The number of fused-ring (bicyclic) bond motifs is 6. The summed E-state index contributed by atoms with van der Waals surface area (Å²) in [6.45, 7) is 2.93. The molecule has 8 rings (SSSR count). The minimum atomic E-state index is -1.20. The molecule has 0 radical (unpaired) electrons. The molecule has 4 aliphatic heterocycles. The van der Waals surface area contributed by atoms with Gasteiger partial charge < -0.3 is 43.4 Å². The van der Waals surface area contributed by atoms with E-state index in [1.165, 1.54) is 0 Å². The molecule has 222 valence electrons. The Morgan fingerprint density at radius 2 is 1.85 bits per heavy atom. The smallest absolute Gasteiger partial charge is 0.308 e. The Bertz CT molecular complexity index is 1080. The highest BCUT2D eigenvalue weighted by Gasteiger charge is 2.77. The summed E-state index contributed by atoms with van der Waals surface area (Å²) in [6.07, 6.45) is 6.38. The van der Waals surface area contributed by atoms with E-state index in [4.69, 9.17) is 28.4 Å². The van der Waals surface area contributed by atoms with Crippen LogP contribution in [0.15, 0.2) is 0 Å². The lowest BCUT2D eigenvalue weighted by molar-refractivity contribution is -0.288. The number of hydrogen-bond donors (Lipinski definition) is 2. The molecule has 8 fully saturated rings. The largest absolute Gasteiger partial charge is 0.462 e. The van der Waals surface area contributed by atoms with Gasteiger partial charge in [-0.2, -0.15) is 0 Å². The van der Waals surface area contributed by atoms with Crippen molar-refractivity contribution in [2.24, 2.45) is 28.6 Å². The van der Waals surface area contributed by atoms with Crippen molar-refractivity contribution in [1.82, 2.24) is 0 Å². The molecular weight excluding hydrogens is 520 g/mol. The SMILES string of the molecule is C[C@H]1C[C@@H]2OCO[C@@H]2[C@@H](O[C@H]2CC[C@]3(C=O)[C@H]4CC[C@]56CO[C@]7(COC(=O)C7)[C@H]5CC[C@]6(O)[C@@H]4CC[C@]3(O)C2)O1.